The van der Waals surface area contributed by atoms with E-state index in [1.165, 1.54) is 0 Å². The molecule has 0 atom stereocenters. The molecule has 4 rings (SSSR count). The molecule has 1 aliphatic heterocycles. The number of aryl methyl sites for hydroxylation is 1. The summed E-state index contributed by atoms with van der Waals surface area (Å²) in [6, 6.07) is 6.08. The Morgan fingerprint density at radius 3 is 2.63 bits per heavy atom. The second-order valence-electron chi connectivity index (χ2n) is 7.26. The number of rotatable bonds is 5. The number of piperazine rings is 1. The molecule has 1 fully saturated rings. The first kappa shape index (κ1) is 17.8. The Morgan fingerprint density at radius 2 is 1.89 bits per heavy atom. The minimum Gasteiger partial charge on any atom is -0.304 e. The zero-order chi connectivity index (χ0) is 18.8. The van der Waals surface area contributed by atoms with Crippen LogP contribution in [-0.4, -0.2) is 75.1 Å². The van der Waals surface area contributed by atoms with E-state index in [2.05, 4.69) is 31.9 Å². The van der Waals surface area contributed by atoms with Gasteiger partial charge in [0.2, 0.25) is 0 Å². The average Bonchev–Trinajstić information content (AvgIpc) is 3.09. The zero-order valence-corrected chi connectivity index (χ0v) is 15.8. The largest absolute Gasteiger partial charge is 0.304 e. The molecule has 0 amide bonds. The SMILES string of the molecule is CN1CCN(CC(=O)Cc2ncc3ccc(-c4cnn(C)c4)cc3n2)CC1. The molecule has 0 spiro atoms. The number of aromatic nitrogens is 4. The highest BCUT2D eigenvalue weighted by atomic mass is 16.1. The molecule has 2 aromatic heterocycles. The van der Waals surface area contributed by atoms with Crippen LogP contribution >= 0.6 is 0 Å². The van der Waals surface area contributed by atoms with Crippen LogP contribution in [0.5, 0.6) is 0 Å². The van der Waals surface area contributed by atoms with Gasteiger partial charge in [-0.15, -0.1) is 0 Å². The molecule has 7 nitrogen and oxygen atoms in total. The van der Waals surface area contributed by atoms with Crippen molar-refractivity contribution < 1.29 is 4.79 Å². The molecule has 0 radical (unpaired) electrons. The number of likely N-dealkylation sites (N-methyl/N-ethyl adjacent to an activating group) is 1. The Kier molecular flexibility index (Phi) is 4.96. The minimum atomic E-state index is 0.169. The monoisotopic (exact) mass is 364 g/mol. The first-order valence-electron chi connectivity index (χ1n) is 9.24. The van der Waals surface area contributed by atoms with E-state index in [1.54, 1.807) is 10.9 Å². The van der Waals surface area contributed by atoms with Crippen LogP contribution in [0.25, 0.3) is 22.0 Å². The molecule has 1 aromatic carbocycles. The lowest BCUT2D eigenvalue weighted by molar-refractivity contribution is -0.120. The third kappa shape index (κ3) is 4.20. The number of Topliss-reactive ketones (excluding diaryl/α,β-unsaturated/α-hetero) is 1. The first-order valence-corrected chi connectivity index (χ1v) is 9.24. The molecule has 0 saturated carbocycles. The van der Waals surface area contributed by atoms with Crippen LogP contribution in [-0.2, 0) is 18.3 Å². The summed E-state index contributed by atoms with van der Waals surface area (Å²) in [5, 5.41) is 5.19. The van der Waals surface area contributed by atoms with Crippen LogP contribution in [0.2, 0.25) is 0 Å². The third-order valence-corrected chi connectivity index (χ3v) is 5.02. The summed E-state index contributed by atoms with van der Waals surface area (Å²) in [7, 11) is 4.01. The van der Waals surface area contributed by atoms with E-state index < -0.39 is 0 Å². The van der Waals surface area contributed by atoms with Gasteiger partial charge in [-0.3, -0.25) is 14.4 Å². The number of ketones is 1. The maximum Gasteiger partial charge on any atom is 0.154 e. The van der Waals surface area contributed by atoms with Crippen LogP contribution in [0, 0.1) is 0 Å². The third-order valence-electron chi connectivity index (χ3n) is 5.02. The quantitative estimate of drug-likeness (QED) is 0.682. The van der Waals surface area contributed by atoms with Crippen molar-refractivity contribution in [3.05, 3.63) is 42.6 Å². The van der Waals surface area contributed by atoms with Crippen molar-refractivity contribution in [3.63, 3.8) is 0 Å². The summed E-state index contributed by atoms with van der Waals surface area (Å²) in [6.07, 6.45) is 5.89. The van der Waals surface area contributed by atoms with Gasteiger partial charge in [0.05, 0.1) is 24.7 Å². The Hall–Kier alpha value is -2.64. The minimum absolute atomic E-state index is 0.169. The summed E-state index contributed by atoms with van der Waals surface area (Å²) in [5.74, 6) is 0.757. The molecule has 0 aliphatic carbocycles. The van der Waals surface area contributed by atoms with Gasteiger partial charge in [0, 0.05) is 56.6 Å². The molecule has 0 bridgehead atoms. The van der Waals surface area contributed by atoms with Crippen molar-refractivity contribution in [1.82, 2.24) is 29.5 Å². The Balaban J connectivity index is 1.48. The maximum absolute atomic E-state index is 12.4. The fraction of sp³-hybridized carbons (Fsp3) is 0.400. The lowest BCUT2D eigenvalue weighted by Gasteiger charge is -2.31. The second kappa shape index (κ2) is 7.54. The number of carbonyl (C=O) groups excluding carboxylic acids is 1. The Bertz CT molecular complexity index is 958. The predicted octanol–water partition coefficient (Wildman–Crippen LogP) is 1.39. The number of fused-ring (bicyclic) bond motifs is 1. The molecule has 3 heterocycles. The number of carbonyl (C=O) groups is 1. The highest BCUT2D eigenvalue weighted by Crippen LogP contribution is 2.22. The number of hydrogen-bond acceptors (Lipinski definition) is 6. The van der Waals surface area contributed by atoms with Gasteiger partial charge >= 0.3 is 0 Å². The van der Waals surface area contributed by atoms with Gasteiger partial charge in [0.25, 0.3) is 0 Å². The lowest BCUT2D eigenvalue weighted by Crippen LogP contribution is -2.46. The highest BCUT2D eigenvalue weighted by molar-refractivity contribution is 5.85. The Morgan fingerprint density at radius 1 is 1.07 bits per heavy atom. The van der Waals surface area contributed by atoms with Gasteiger partial charge in [-0.05, 0) is 18.7 Å². The first-order chi connectivity index (χ1) is 13.1. The van der Waals surface area contributed by atoms with E-state index in [-0.39, 0.29) is 12.2 Å². The summed E-state index contributed by atoms with van der Waals surface area (Å²) in [6.45, 7) is 4.38. The molecular formula is C20H24N6O. The standard InChI is InChI=1S/C20H24N6O/c1-24-5-7-26(8-6-24)14-18(27)10-20-21-11-16-4-3-15(9-19(16)23-20)17-12-22-25(2)13-17/h3-4,9,11-13H,5-8,10,14H2,1-2H3. The van der Waals surface area contributed by atoms with Gasteiger partial charge < -0.3 is 4.90 Å². The summed E-state index contributed by atoms with van der Waals surface area (Å²) in [5.41, 5.74) is 2.96. The lowest BCUT2D eigenvalue weighted by atomic mass is 10.1. The molecule has 7 heteroatoms. The van der Waals surface area contributed by atoms with E-state index in [9.17, 15) is 4.79 Å². The molecule has 27 heavy (non-hydrogen) atoms. The Labute approximate surface area is 158 Å². The van der Waals surface area contributed by atoms with Crippen molar-refractivity contribution in [3.8, 4) is 11.1 Å². The van der Waals surface area contributed by atoms with Gasteiger partial charge in [0.15, 0.2) is 5.78 Å². The highest BCUT2D eigenvalue weighted by Gasteiger charge is 2.17. The predicted molar refractivity (Wildman–Crippen MR) is 104 cm³/mol. The molecule has 3 aromatic rings. The number of nitrogens with zero attached hydrogens (tertiary/aromatic N) is 6. The molecule has 0 N–H and O–H groups in total. The van der Waals surface area contributed by atoms with Crippen molar-refractivity contribution in [2.75, 3.05) is 39.8 Å². The van der Waals surface area contributed by atoms with Crippen LogP contribution in [0.3, 0.4) is 0 Å². The molecule has 0 unspecified atom stereocenters. The molecule has 1 saturated heterocycles. The molecule has 1 aliphatic rings. The van der Waals surface area contributed by atoms with Crippen LogP contribution < -0.4 is 0 Å². The fourth-order valence-corrected chi connectivity index (χ4v) is 3.38. The van der Waals surface area contributed by atoms with E-state index in [1.807, 2.05) is 37.6 Å². The van der Waals surface area contributed by atoms with E-state index in [0.29, 0.717) is 12.4 Å². The number of hydrogen-bond donors (Lipinski definition) is 0. The van der Waals surface area contributed by atoms with Gasteiger partial charge in [-0.25, -0.2) is 9.97 Å². The van der Waals surface area contributed by atoms with Gasteiger partial charge in [0.1, 0.15) is 5.82 Å². The number of benzene rings is 1. The smallest absolute Gasteiger partial charge is 0.154 e. The van der Waals surface area contributed by atoms with Gasteiger partial charge in [-0.1, -0.05) is 12.1 Å². The molecular weight excluding hydrogens is 340 g/mol. The van der Waals surface area contributed by atoms with Crippen molar-refractivity contribution >= 4 is 16.7 Å². The van der Waals surface area contributed by atoms with Crippen LogP contribution in [0.15, 0.2) is 36.8 Å². The summed E-state index contributed by atoms with van der Waals surface area (Å²) >= 11 is 0. The average molecular weight is 364 g/mol. The van der Waals surface area contributed by atoms with Gasteiger partial charge in [-0.2, -0.15) is 5.10 Å². The van der Waals surface area contributed by atoms with E-state index in [4.69, 9.17) is 0 Å². The maximum atomic E-state index is 12.4. The summed E-state index contributed by atoms with van der Waals surface area (Å²) < 4.78 is 1.78. The topological polar surface area (TPSA) is 67.2 Å². The van der Waals surface area contributed by atoms with Crippen molar-refractivity contribution in [2.24, 2.45) is 7.05 Å². The zero-order valence-electron chi connectivity index (χ0n) is 15.8. The van der Waals surface area contributed by atoms with Crippen LogP contribution in [0.1, 0.15) is 5.82 Å². The molecule has 140 valence electrons. The summed E-state index contributed by atoms with van der Waals surface area (Å²) in [4.78, 5) is 26.0. The fourth-order valence-electron chi connectivity index (χ4n) is 3.38. The van der Waals surface area contributed by atoms with Crippen molar-refractivity contribution in [2.45, 2.75) is 6.42 Å². The van der Waals surface area contributed by atoms with Crippen LogP contribution in [0.4, 0.5) is 0 Å². The van der Waals surface area contributed by atoms with E-state index >= 15 is 0 Å². The van der Waals surface area contributed by atoms with E-state index in [0.717, 1.165) is 48.2 Å². The second-order valence-corrected chi connectivity index (χ2v) is 7.26. The van der Waals surface area contributed by atoms with Crippen molar-refractivity contribution in [1.29, 1.82) is 0 Å². The normalized spacial score (nSPS) is 16.1.